The maximum atomic E-state index is 2.47. The quantitative estimate of drug-likeness (QED) is 0.111. The van der Waals surface area contributed by atoms with Gasteiger partial charge in [0, 0.05) is 44.7 Å². The van der Waals surface area contributed by atoms with Gasteiger partial charge in [-0.05, 0) is 99.1 Å². The van der Waals surface area contributed by atoms with E-state index in [0.29, 0.717) is 0 Å². The standard InChI is InChI=1S/C57H40N2/c1-6-20-40(21-7-1)55(41-22-8-2-9-23-41)43-35-37-53(58(44-24-10-3-11-25-44)45-26-12-4-13-27-45)51(39-43)42-34-36-54-52(38-42)56-49-32-18-16-30-47(49)48-31-17-19-33-50(48)57(56)59(54)46-28-14-5-15-29-46/h1-39,55H. The van der Waals surface area contributed by atoms with Gasteiger partial charge in [-0.3, -0.25) is 0 Å². The van der Waals surface area contributed by atoms with E-state index in [1.165, 1.54) is 65.6 Å². The molecule has 0 bridgehead atoms. The van der Waals surface area contributed by atoms with Gasteiger partial charge in [0.25, 0.3) is 0 Å². The van der Waals surface area contributed by atoms with Gasteiger partial charge in [0.2, 0.25) is 0 Å². The Hall–Kier alpha value is -7.68. The second-order valence-corrected chi connectivity index (χ2v) is 15.3. The first-order valence-corrected chi connectivity index (χ1v) is 20.4. The Balaban J connectivity index is 1.25. The Morgan fingerprint density at radius 1 is 0.356 bits per heavy atom. The monoisotopic (exact) mass is 752 g/mol. The zero-order chi connectivity index (χ0) is 39.1. The first-order valence-electron chi connectivity index (χ1n) is 20.4. The minimum atomic E-state index is 0.0473. The fraction of sp³-hybridized carbons (Fsp3) is 0.0175. The van der Waals surface area contributed by atoms with E-state index < -0.39 is 0 Å². The summed E-state index contributed by atoms with van der Waals surface area (Å²) in [6.07, 6.45) is 0. The summed E-state index contributed by atoms with van der Waals surface area (Å²) in [6, 6.07) is 86.2. The van der Waals surface area contributed by atoms with Gasteiger partial charge in [-0.15, -0.1) is 0 Å². The van der Waals surface area contributed by atoms with Crippen LogP contribution in [0.5, 0.6) is 0 Å². The van der Waals surface area contributed by atoms with Gasteiger partial charge in [-0.25, -0.2) is 0 Å². The van der Waals surface area contributed by atoms with E-state index in [9.17, 15) is 0 Å². The molecule has 0 aliphatic carbocycles. The number of rotatable bonds is 8. The maximum absolute atomic E-state index is 2.47. The lowest BCUT2D eigenvalue weighted by Crippen LogP contribution is -2.12. The van der Waals surface area contributed by atoms with Crippen molar-refractivity contribution in [3.63, 3.8) is 0 Å². The lowest BCUT2D eigenvalue weighted by molar-refractivity contribution is 0.977. The molecule has 0 saturated heterocycles. The van der Waals surface area contributed by atoms with Gasteiger partial charge >= 0.3 is 0 Å². The van der Waals surface area contributed by atoms with Crippen LogP contribution in [0.1, 0.15) is 22.6 Å². The number of fused-ring (bicyclic) bond motifs is 8. The molecule has 1 aromatic heterocycles. The number of hydrogen-bond acceptors (Lipinski definition) is 1. The molecule has 0 radical (unpaired) electrons. The molecule has 0 aliphatic rings. The van der Waals surface area contributed by atoms with Crippen LogP contribution < -0.4 is 4.90 Å². The van der Waals surface area contributed by atoms with E-state index >= 15 is 0 Å². The number of hydrogen-bond donors (Lipinski definition) is 0. The number of nitrogens with zero attached hydrogens (tertiary/aromatic N) is 2. The zero-order valence-corrected chi connectivity index (χ0v) is 32.5. The molecule has 2 heteroatoms. The van der Waals surface area contributed by atoms with Crippen LogP contribution in [0.2, 0.25) is 0 Å². The molecule has 0 unspecified atom stereocenters. The largest absolute Gasteiger partial charge is 0.310 e. The Morgan fingerprint density at radius 2 is 0.847 bits per heavy atom. The van der Waals surface area contributed by atoms with Crippen molar-refractivity contribution >= 4 is 60.4 Å². The molecular weight excluding hydrogens is 713 g/mol. The average molecular weight is 753 g/mol. The molecule has 10 aromatic carbocycles. The molecule has 0 aliphatic heterocycles. The topological polar surface area (TPSA) is 8.17 Å². The Labute approximate surface area is 344 Å². The van der Waals surface area contributed by atoms with Gasteiger partial charge in [0.1, 0.15) is 0 Å². The average Bonchev–Trinajstić information content (AvgIpc) is 3.66. The third-order valence-corrected chi connectivity index (χ3v) is 11.9. The summed E-state index contributed by atoms with van der Waals surface area (Å²) in [4.78, 5) is 2.40. The van der Waals surface area contributed by atoms with Crippen molar-refractivity contribution in [3.8, 4) is 16.8 Å². The van der Waals surface area contributed by atoms with Gasteiger partial charge in [-0.1, -0.05) is 176 Å². The fourth-order valence-corrected chi connectivity index (χ4v) is 9.30. The molecule has 0 amide bonds. The molecule has 2 nitrogen and oxygen atoms in total. The van der Waals surface area contributed by atoms with Crippen molar-refractivity contribution < 1.29 is 0 Å². The summed E-state index contributed by atoms with van der Waals surface area (Å²) in [6.45, 7) is 0. The Morgan fingerprint density at radius 3 is 1.44 bits per heavy atom. The first-order chi connectivity index (χ1) is 29.3. The van der Waals surface area contributed by atoms with E-state index in [0.717, 1.165) is 28.3 Å². The lowest BCUT2D eigenvalue weighted by Gasteiger charge is -2.29. The van der Waals surface area contributed by atoms with Gasteiger partial charge in [0.05, 0.1) is 16.7 Å². The maximum Gasteiger partial charge on any atom is 0.0625 e. The number of anilines is 3. The molecule has 0 atom stereocenters. The van der Waals surface area contributed by atoms with E-state index in [-0.39, 0.29) is 5.92 Å². The van der Waals surface area contributed by atoms with Crippen LogP contribution in [-0.2, 0) is 0 Å². The van der Waals surface area contributed by atoms with Crippen LogP contribution in [0.25, 0.3) is 60.2 Å². The predicted octanol–water partition coefficient (Wildman–Crippen LogP) is 15.4. The van der Waals surface area contributed by atoms with E-state index in [1.54, 1.807) is 0 Å². The van der Waals surface area contributed by atoms with Crippen molar-refractivity contribution in [2.75, 3.05) is 4.90 Å². The molecule has 0 saturated carbocycles. The Bertz CT molecular complexity index is 3170. The molecular formula is C57H40N2. The molecule has 0 spiro atoms. The summed E-state index contributed by atoms with van der Waals surface area (Å²) < 4.78 is 2.47. The minimum absolute atomic E-state index is 0.0473. The molecule has 11 aromatic rings. The third kappa shape index (κ3) is 5.97. The van der Waals surface area contributed by atoms with Crippen LogP contribution in [0.15, 0.2) is 237 Å². The van der Waals surface area contributed by atoms with Crippen molar-refractivity contribution in [2.45, 2.75) is 5.92 Å². The first kappa shape index (κ1) is 34.6. The minimum Gasteiger partial charge on any atom is -0.310 e. The van der Waals surface area contributed by atoms with Gasteiger partial charge < -0.3 is 9.47 Å². The van der Waals surface area contributed by atoms with E-state index in [4.69, 9.17) is 0 Å². The van der Waals surface area contributed by atoms with Crippen molar-refractivity contribution in [1.82, 2.24) is 4.57 Å². The molecule has 0 fully saturated rings. The van der Waals surface area contributed by atoms with Crippen molar-refractivity contribution in [3.05, 3.63) is 253 Å². The van der Waals surface area contributed by atoms with Crippen LogP contribution in [0, 0.1) is 0 Å². The third-order valence-electron chi connectivity index (χ3n) is 11.9. The normalized spacial score (nSPS) is 11.5. The van der Waals surface area contributed by atoms with Crippen molar-refractivity contribution in [1.29, 1.82) is 0 Å². The highest BCUT2D eigenvalue weighted by atomic mass is 15.1. The van der Waals surface area contributed by atoms with Crippen LogP contribution in [-0.4, -0.2) is 4.57 Å². The predicted molar refractivity (Wildman–Crippen MR) is 250 cm³/mol. The SMILES string of the molecule is c1ccc(C(c2ccccc2)c2ccc(N(c3ccccc3)c3ccccc3)c(-c3ccc4c(c3)c3c5ccccc5c5ccccc5c3n4-c3ccccc3)c2)cc1. The van der Waals surface area contributed by atoms with Crippen LogP contribution in [0.4, 0.5) is 17.1 Å². The highest BCUT2D eigenvalue weighted by Gasteiger charge is 2.24. The smallest absolute Gasteiger partial charge is 0.0625 e. The molecule has 278 valence electrons. The highest BCUT2D eigenvalue weighted by Crippen LogP contribution is 2.47. The lowest BCUT2D eigenvalue weighted by atomic mass is 9.83. The molecule has 1 heterocycles. The second-order valence-electron chi connectivity index (χ2n) is 15.3. The second kappa shape index (κ2) is 14.7. The zero-order valence-electron chi connectivity index (χ0n) is 32.5. The summed E-state index contributed by atoms with van der Waals surface area (Å²) in [5, 5.41) is 7.54. The number of benzene rings is 10. The summed E-state index contributed by atoms with van der Waals surface area (Å²) in [5.74, 6) is 0.0473. The summed E-state index contributed by atoms with van der Waals surface area (Å²) in [5.41, 5.74) is 13.0. The Kier molecular flexibility index (Phi) is 8.60. The summed E-state index contributed by atoms with van der Waals surface area (Å²) >= 11 is 0. The van der Waals surface area contributed by atoms with Crippen LogP contribution in [0.3, 0.4) is 0 Å². The fourth-order valence-electron chi connectivity index (χ4n) is 9.30. The number of aromatic nitrogens is 1. The van der Waals surface area contributed by atoms with Gasteiger partial charge in [-0.2, -0.15) is 0 Å². The summed E-state index contributed by atoms with van der Waals surface area (Å²) in [7, 11) is 0. The molecule has 0 N–H and O–H groups in total. The highest BCUT2D eigenvalue weighted by molar-refractivity contribution is 6.32. The molecule has 11 rings (SSSR count). The molecule has 59 heavy (non-hydrogen) atoms. The van der Waals surface area contributed by atoms with Crippen LogP contribution >= 0.6 is 0 Å². The van der Waals surface area contributed by atoms with E-state index in [1.807, 2.05) is 0 Å². The van der Waals surface area contributed by atoms with Crippen molar-refractivity contribution in [2.24, 2.45) is 0 Å². The number of para-hydroxylation sites is 3. The van der Waals surface area contributed by atoms with E-state index in [2.05, 4.69) is 246 Å². The van der Waals surface area contributed by atoms with Gasteiger partial charge in [0.15, 0.2) is 0 Å².